The Morgan fingerprint density at radius 2 is 1.90 bits per heavy atom. The monoisotopic (exact) mass is 478 g/mol. The van der Waals surface area contributed by atoms with E-state index < -0.39 is 5.97 Å². The molecule has 1 heterocycles. The molecule has 0 radical (unpaired) electrons. The number of amides is 1. The Morgan fingerprint density at radius 1 is 1.21 bits per heavy atom. The van der Waals surface area contributed by atoms with Crippen LogP contribution in [0.15, 0.2) is 34.1 Å². The van der Waals surface area contributed by atoms with Crippen LogP contribution in [-0.4, -0.2) is 43.0 Å². The number of carbonyl (C=O) groups excluding carboxylic acids is 2. The standard InChI is InChI=1S/C22H27BrN2O3S/c1-3-28-22(27)19-18(15-10-6-4-7-11-15)20(23)29-21(19)24-17(26)14-25(2)16-12-8-5-9-13-16/h4,6-7,10-11,16H,3,5,8-9,12-14H2,1-2H3,(H,24,26). The second-order valence-electron chi connectivity index (χ2n) is 7.30. The minimum Gasteiger partial charge on any atom is -0.462 e. The molecule has 156 valence electrons. The van der Waals surface area contributed by atoms with E-state index in [0.29, 0.717) is 23.2 Å². The fraction of sp³-hybridized carbons (Fsp3) is 0.455. The van der Waals surface area contributed by atoms with Crippen LogP contribution in [0.4, 0.5) is 5.00 Å². The van der Waals surface area contributed by atoms with E-state index >= 15 is 0 Å². The van der Waals surface area contributed by atoms with Crippen molar-refractivity contribution >= 4 is 44.1 Å². The van der Waals surface area contributed by atoms with E-state index in [1.165, 1.54) is 30.6 Å². The van der Waals surface area contributed by atoms with Crippen LogP contribution in [0.3, 0.4) is 0 Å². The number of benzene rings is 1. The first kappa shape index (κ1) is 22.0. The summed E-state index contributed by atoms with van der Waals surface area (Å²) in [5.41, 5.74) is 2.06. The molecular formula is C22H27BrN2O3S. The normalized spacial score (nSPS) is 14.8. The van der Waals surface area contributed by atoms with Crippen molar-refractivity contribution < 1.29 is 14.3 Å². The van der Waals surface area contributed by atoms with Crippen LogP contribution in [0.5, 0.6) is 0 Å². The average molecular weight is 479 g/mol. The molecule has 29 heavy (non-hydrogen) atoms. The van der Waals surface area contributed by atoms with Gasteiger partial charge < -0.3 is 10.1 Å². The number of nitrogens with one attached hydrogen (secondary N) is 1. The molecule has 7 heteroatoms. The fourth-order valence-corrected chi connectivity index (χ4v) is 5.66. The van der Waals surface area contributed by atoms with E-state index in [1.807, 2.05) is 37.4 Å². The van der Waals surface area contributed by atoms with Crippen molar-refractivity contribution in [2.45, 2.75) is 45.1 Å². The van der Waals surface area contributed by atoms with Gasteiger partial charge in [0.2, 0.25) is 5.91 Å². The highest BCUT2D eigenvalue weighted by Crippen LogP contribution is 2.44. The minimum absolute atomic E-state index is 0.114. The first-order chi connectivity index (χ1) is 14.0. The lowest BCUT2D eigenvalue weighted by atomic mass is 9.94. The lowest BCUT2D eigenvalue weighted by Gasteiger charge is -2.30. The second kappa shape index (κ2) is 10.4. The van der Waals surface area contributed by atoms with Crippen molar-refractivity contribution in [1.82, 2.24) is 4.90 Å². The van der Waals surface area contributed by atoms with Gasteiger partial charge in [0.15, 0.2) is 0 Å². The molecule has 0 aliphatic heterocycles. The summed E-state index contributed by atoms with van der Waals surface area (Å²) in [5.74, 6) is -0.541. The Hall–Kier alpha value is -1.70. The van der Waals surface area contributed by atoms with Gasteiger partial charge in [-0.15, -0.1) is 11.3 Å². The number of hydrogen-bond acceptors (Lipinski definition) is 5. The number of rotatable bonds is 7. The number of anilines is 1. The lowest BCUT2D eigenvalue weighted by molar-refractivity contribution is -0.117. The van der Waals surface area contributed by atoms with Gasteiger partial charge in [-0.05, 0) is 48.3 Å². The molecule has 1 saturated carbocycles. The smallest absolute Gasteiger partial charge is 0.341 e. The Morgan fingerprint density at radius 3 is 2.55 bits per heavy atom. The van der Waals surface area contributed by atoms with Gasteiger partial charge in [-0.2, -0.15) is 0 Å². The van der Waals surface area contributed by atoms with E-state index in [1.54, 1.807) is 6.92 Å². The molecule has 0 bridgehead atoms. The average Bonchev–Trinajstić information content (AvgIpc) is 3.05. The van der Waals surface area contributed by atoms with Gasteiger partial charge in [0.1, 0.15) is 10.6 Å². The highest BCUT2D eigenvalue weighted by Gasteiger charge is 2.27. The van der Waals surface area contributed by atoms with Crippen LogP contribution in [0.1, 0.15) is 49.4 Å². The van der Waals surface area contributed by atoms with Crippen LogP contribution in [0, 0.1) is 0 Å². The Kier molecular flexibility index (Phi) is 7.86. The highest BCUT2D eigenvalue weighted by atomic mass is 79.9. The minimum atomic E-state index is -0.427. The Bertz CT molecular complexity index is 847. The zero-order valence-electron chi connectivity index (χ0n) is 16.9. The van der Waals surface area contributed by atoms with Gasteiger partial charge >= 0.3 is 5.97 Å². The second-order valence-corrected chi connectivity index (χ2v) is 9.64. The van der Waals surface area contributed by atoms with Crippen LogP contribution in [-0.2, 0) is 9.53 Å². The van der Waals surface area contributed by atoms with E-state index in [4.69, 9.17) is 4.74 Å². The zero-order valence-corrected chi connectivity index (χ0v) is 19.3. The van der Waals surface area contributed by atoms with Gasteiger partial charge in [0.05, 0.1) is 16.9 Å². The highest BCUT2D eigenvalue weighted by molar-refractivity contribution is 9.11. The predicted molar refractivity (Wildman–Crippen MR) is 122 cm³/mol. The van der Waals surface area contributed by atoms with Crippen molar-refractivity contribution in [2.24, 2.45) is 0 Å². The lowest BCUT2D eigenvalue weighted by Crippen LogP contribution is -2.39. The van der Waals surface area contributed by atoms with Gasteiger partial charge in [0.25, 0.3) is 0 Å². The van der Waals surface area contributed by atoms with Gasteiger partial charge in [-0.1, -0.05) is 49.6 Å². The van der Waals surface area contributed by atoms with Crippen molar-refractivity contribution in [2.75, 3.05) is 25.5 Å². The number of halogens is 1. The van der Waals surface area contributed by atoms with Crippen LogP contribution < -0.4 is 5.32 Å². The predicted octanol–water partition coefficient (Wildman–Crippen LogP) is 5.56. The van der Waals surface area contributed by atoms with Crippen molar-refractivity contribution in [1.29, 1.82) is 0 Å². The molecule has 0 atom stereocenters. The van der Waals surface area contributed by atoms with E-state index in [2.05, 4.69) is 26.1 Å². The maximum absolute atomic E-state index is 12.7. The number of carbonyl (C=O) groups is 2. The maximum atomic E-state index is 12.7. The molecule has 1 aliphatic rings. The summed E-state index contributed by atoms with van der Waals surface area (Å²) in [6, 6.07) is 10.1. The summed E-state index contributed by atoms with van der Waals surface area (Å²) in [5, 5.41) is 3.48. The van der Waals surface area contributed by atoms with Gasteiger partial charge in [-0.3, -0.25) is 9.69 Å². The number of thiophene rings is 1. The molecule has 1 aromatic carbocycles. The summed E-state index contributed by atoms with van der Waals surface area (Å²) in [4.78, 5) is 27.6. The topological polar surface area (TPSA) is 58.6 Å². The van der Waals surface area contributed by atoms with Gasteiger partial charge in [0, 0.05) is 11.6 Å². The molecule has 1 aromatic heterocycles. The first-order valence-electron chi connectivity index (χ1n) is 10.1. The SMILES string of the molecule is CCOC(=O)c1c(NC(=O)CN(C)C2CCCCC2)sc(Br)c1-c1ccccc1. The van der Waals surface area contributed by atoms with E-state index in [0.717, 1.165) is 27.8 Å². The molecule has 2 aromatic rings. The molecule has 5 nitrogen and oxygen atoms in total. The molecule has 0 unspecified atom stereocenters. The van der Waals surface area contributed by atoms with Crippen LogP contribution in [0.2, 0.25) is 0 Å². The molecular weight excluding hydrogens is 452 g/mol. The summed E-state index contributed by atoms with van der Waals surface area (Å²) in [7, 11) is 2.00. The third-order valence-corrected chi connectivity index (χ3v) is 7.03. The summed E-state index contributed by atoms with van der Waals surface area (Å²) >= 11 is 4.92. The molecule has 1 amide bonds. The fourth-order valence-electron chi connectivity index (χ4n) is 3.80. The number of likely N-dealkylation sites (N-methyl/N-ethyl adjacent to an activating group) is 1. The van der Waals surface area contributed by atoms with E-state index in [-0.39, 0.29) is 12.5 Å². The van der Waals surface area contributed by atoms with Crippen molar-refractivity contribution in [3.63, 3.8) is 0 Å². The Labute approximate surface area is 184 Å². The van der Waals surface area contributed by atoms with Crippen molar-refractivity contribution in [3.8, 4) is 11.1 Å². The third-order valence-electron chi connectivity index (χ3n) is 5.25. The van der Waals surface area contributed by atoms with Gasteiger partial charge in [-0.25, -0.2) is 4.79 Å². The van der Waals surface area contributed by atoms with Crippen LogP contribution >= 0.6 is 27.3 Å². The van der Waals surface area contributed by atoms with Crippen LogP contribution in [0.25, 0.3) is 11.1 Å². The molecule has 3 rings (SSSR count). The first-order valence-corrected chi connectivity index (χ1v) is 11.7. The Balaban J connectivity index is 1.82. The molecule has 1 N–H and O–H groups in total. The quantitative estimate of drug-likeness (QED) is 0.529. The largest absolute Gasteiger partial charge is 0.462 e. The van der Waals surface area contributed by atoms with Crippen molar-refractivity contribution in [3.05, 3.63) is 39.7 Å². The molecule has 1 fully saturated rings. The number of esters is 1. The maximum Gasteiger partial charge on any atom is 0.341 e. The third kappa shape index (κ3) is 5.47. The summed E-state index contributed by atoms with van der Waals surface area (Å²) in [6.07, 6.45) is 6.01. The molecule has 0 spiro atoms. The summed E-state index contributed by atoms with van der Waals surface area (Å²) in [6.45, 7) is 2.36. The molecule has 1 aliphatic carbocycles. The zero-order chi connectivity index (χ0) is 20.8. The van der Waals surface area contributed by atoms with E-state index in [9.17, 15) is 9.59 Å². The number of ether oxygens (including phenoxy) is 1. The number of hydrogen-bond donors (Lipinski definition) is 1. The summed E-state index contributed by atoms with van der Waals surface area (Å²) < 4.78 is 6.08. The molecule has 0 saturated heterocycles. The number of nitrogens with zero attached hydrogens (tertiary/aromatic N) is 1.